The van der Waals surface area contributed by atoms with Gasteiger partial charge in [0.1, 0.15) is 29.8 Å². The third-order valence-corrected chi connectivity index (χ3v) is 3.58. The molecule has 1 fully saturated rings. The van der Waals surface area contributed by atoms with Gasteiger partial charge in [0.05, 0.1) is 6.61 Å². The number of anilines is 1. The van der Waals surface area contributed by atoms with Gasteiger partial charge in [-0.3, -0.25) is 9.56 Å². The Bertz CT molecular complexity index is 635. The van der Waals surface area contributed by atoms with Crippen molar-refractivity contribution in [1.82, 2.24) is 9.13 Å². The van der Waals surface area contributed by atoms with Crippen molar-refractivity contribution in [3.8, 4) is 0 Å². The Labute approximate surface area is 126 Å². The fraction of sp³-hybridized carbons (Fsp3) is 0.538. The van der Waals surface area contributed by atoms with E-state index in [0.717, 1.165) is 4.57 Å². The number of rotatable bonds is 5. The highest BCUT2D eigenvalue weighted by molar-refractivity contribution is 5.83. The minimum atomic E-state index is -1.39. The molecule has 1 aliphatic heterocycles. The standard InChI is InChI=1S/C13H20N4O5/c1-3-4-16-7(5-15-2)11(14)17(13(16)21)12-10(20)9(19)8(6-18)22-12/h3,5,8-10,12,18-20H,1,4,6,14H2,2H3/t8-,9-,10-,12-/m1/s1. The molecule has 5 N–H and O–H groups in total. The van der Waals surface area contributed by atoms with Crippen LogP contribution in [0.1, 0.15) is 11.9 Å². The monoisotopic (exact) mass is 312 g/mol. The first kappa shape index (κ1) is 16.4. The minimum Gasteiger partial charge on any atom is -0.394 e. The van der Waals surface area contributed by atoms with Crippen LogP contribution in [0.25, 0.3) is 0 Å². The van der Waals surface area contributed by atoms with Crippen LogP contribution in [0.4, 0.5) is 5.82 Å². The number of allylic oxidation sites excluding steroid dienone is 1. The maximum Gasteiger partial charge on any atom is 0.332 e. The Morgan fingerprint density at radius 3 is 2.64 bits per heavy atom. The Morgan fingerprint density at radius 2 is 2.14 bits per heavy atom. The van der Waals surface area contributed by atoms with Gasteiger partial charge in [-0.25, -0.2) is 9.36 Å². The summed E-state index contributed by atoms with van der Waals surface area (Å²) in [5.41, 5.74) is 5.80. The normalized spacial score (nSPS) is 28.5. The number of ether oxygens (including phenoxy) is 1. The third kappa shape index (κ3) is 2.48. The summed E-state index contributed by atoms with van der Waals surface area (Å²) in [6.45, 7) is 3.29. The van der Waals surface area contributed by atoms with Crippen LogP contribution < -0.4 is 11.4 Å². The lowest BCUT2D eigenvalue weighted by atomic mass is 10.1. The number of hydrogen-bond donors (Lipinski definition) is 4. The van der Waals surface area contributed by atoms with E-state index >= 15 is 0 Å². The van der Waals surface area contributed by atoms with Gasteiger partial charge >= 0.3 is 5.69 Å². The summed E-state index contributed by atoms with van der Waals surface area (Å²) in [7, 11) is 1.53. The summed E-state index contributed by atoms with van der Waals surface area (Å²) in [5.74, 6) is 0.0484. The highest BCUT2D eigenvalue weighted by Gasteiger charge is 2.45. The van der Waals surface area contributed by atoms with Crippen molar-refractivity contribution in [2.45, 2.75) is 31.1 Å². The van der Waals surface area contributed by atoms with Gasteiger partial charge < -0.3 is 25.8 Å². The number of aliphatic imine (C=N–C) groups is 1. The Kier molecular flexibility index (Phi) is 4.81. The molecule has 0 aromatic carbocycles. The van der Waals surface area contributed by atoms with Crippen molar-refractivity contribution in [2.75, 3.05) is 19.4 Å². The van der Waals surface area contributed by atoms with E-state index in [1.165, 1.54) is 23.9 Å². The van der Waals surface area contributed by atoms with E-state index in [0.29, 0.717) is 5.69 Å². The zero-order valence-electron chi connectivity index (χ0n) is 12.2. The van der Waals surface area contributed by atoms with E-state index < -0.39 is 36.8 Å². The van der Waals surface area contributed by atoms with Crippen LogP contribution in [-0.2, 0) is 11.3 Å². The molecule has 9 nitrogen and oxygen atoms in total. The minimum absolute atomic E-state index is 0.0484. The number of nitrogens with zero attached hydrogens (tertiary/aromatic N) is 3. The number of imidazole rings is 1. The van der Waals surface area contributed by atoms with Crippen LogP contribution in [0.2, 0.25) is 0 Å². The average Bonchev–Trinajstić information content (AvgIpc) is 2.90. The van der Waals surface area contributed by atoms with Crippen molar-refractivity contribution >= 4 is 12.0 Å². The van der Waals surface area contributed by atoms with E-state index in [1.54, 1.807) is 0 Å². The predicted octanol–water partition coefficient (Wildman–Crippen LogP) is -1.92. The highest BCUT2D eigenvalue weighted by atomic mass is 16.6. The molecule has 1 saturated heterocycles. The summed E-state index contributed by atoms with van der Waals surface area (Å²) >= 11 is 0. The van der Waals surface area contributed by atoms with Crippen LogP contribution in [-0.4, -0.2) is 62.6 Å². The molecule has 9 heteroatoms. The first-order valence-electron chi connectivity index (χ1n) is 6.73. The zero-order valence-corrected chi connectivity index (χ0v) is 12.2. The molecule has 1 aromatic rings. The molecule has 1 aromatic heterocycles. The topological polar surface area (TPSA) is 135 Å². The Hall–Kier alpha value is -1.94. The lowest BCUT2D eigenvalue weighted by molar-refractivity contribution is -0.0534. The first-order chi connectivity index (χ1) is 10.5. The predicted molar refractivity (Wildman–Crippen MR) is 79.8 cm³/mol. The van der Waals surface area contributed by atoms with E-state index in [2.05, 4.69) is 11.6 Å². The summed E-state index contributed by atoms with van der Waals surface area (Å²) in [6.07, 6.45) is -1.93. The fourth-order valence-electron chi connectivity index (χ4n) is 2.50. The second kappa shape index (κ2) is 6.44. The second-order valence-electron chi connectivity index (χ2n) is 4.94. The molecule has 0 saturated carbocycles. The van der Waals surface area contributed by atoms with Gasteiger partial charge in [0.25, 0.3) is 0 Å². The van der Waals surface area contributed by atoms with Crippen molar-refractivity contribution in [3.63, 3.8) is 0 Å². The maximum absolute atomic E-state index is 12.5. The Balaban J connectivity index is 2.55. The number of aliphatic hydroxyl groups excluding tert-OH is 3. The van der Waals surface area contributed by atoms with Gasteiger partial charge in [-0.05, 0) is 0 Å². The van der Waals surface area contributed by atoms with E-state index in [9.17, 15) is 15.0 Å². The van der Waals surface area contributed by atoms with Crippen LogP contribution >= 0.6 is 0 Å². The van der Waals surface area contributed by atoms with Crippen LogP contribution in [0.3, 0.4) is 0 Å². The molecule has 0 bridgehead atoms. The lowest BCUT2D eigenvalue weighted by Crippen LogP contribution is -2.36. The number of hydrogen-bond acceptors (Lipinski definition) is 7. The van der Waals surface area contributed by atoms with E-state index in [4.69, 9.17) is 15.6 Å². The molecular weight excluding hydrogens is 292 g/mol. The fourth-order valence-corrected chi connectivity index (χ4v) is 2.50. The molecule has 22 heavy (non-hydrogen) atoms. The smallest absolute Gasteiger partial charge is 0.332 e. The van der Waals surface area contributed by atoms with Gasteiger partial charge in [-0.1, -0.05) is 6.08 Å². The molecule has 0 amide bonds. The SMILES string of the molecule is C=CCn1c(C=NC)c(N)n([C@@H]2O[C@H](CO)[C@@H](O)[C@H]2O)c1=O. The van der Waals surface area contributed by atoms with Crippen LogP contribution in [0.15, 0.2) is 22.4 Å². The van der Waals surface area contributed by atoms with E-state index in [-0.39, 0.29) is 12.4 Å². The van der Waals surface area contributed by atoms with Gasteiger partial charge in [0.15, 0.2) is 6.23 Å². The zero-order chi connectivity index (χ0) is 16.4. The molecule has 2 rings (SSSR count). The van der Waals surface area contributed by atoms with Crippen LogP contribution in [0, 0.1) is 0 Å². The van der Waals surface area contributed by atoms with Gasteiger partial charge in [-0.15, -0.1) is 6.58 Å². The van der Waals surface area contributed by atoms with Crippen molar-refractivity contribution in [2.24, 2.45) is 4.99 Å². The third-order valence-electron chi connectivity index (χ3n) is 3.58. The second-order valence-corrected chi connectivity index (χ2v) is 4.94. The highest BCUT2D eigenvalue weighted by Crippen LogP contribution is 2.30. The average molecular weight is 312 g/mol. The summed E-state index contributed by atoms with van der Waals surface area (Å²) in [6, 6.07) is 0. The van der Waals surface area contributed by atoms with Gasteiger partial charge in [0, 0.05) is 19.8 Å². The summed E-state index contributed by atoms with van der Waals surface area (Å²) in [5, 5.41) is 29.0. The molecule has 122 valence electrons. The molecule has 1 aliphatic rings. The number of nitrogen functional groups attached to an aromatic ring is 1. The van der Waals surface area contributed by atoms with Gasteiger partial charge in [0.2, 0.25) is 0 Å². The number of aromatic nitrogens is 2. The largest absolute Gasteiger partial charge is 0.394 e. The van der Waals surface area contributed by atoms with Crippen LogP contribution in [0.5, 0.6) is 0 Å². The summed E-state index contributed by atoms with van der Waals surface area (Å²) in [4.78, 5) is 16.4. The van der Waals surface area contributed by atoms with Crippen molar-refractivity contribution in [3.05, 3.63) is 28.8 Å². The van der Waals surface area contributed by atoms with Gasteiger partial charge in [-0.2, -0.15) is 0 Å². The number of aliphatic hydroxyl groups is 3. The molecule has 0 unspecified atom stereocenters. The lowest BCUT2D eigenvalue weighted by Gasteiger charge is -2.16. The van der Waals surface area contributed by atoms with Crippen molar-refractivity contribution in [1.29, 1.82) is 0 Å². The van der Waals surface area contributed by atoms with Crippen molar-refractivity contribution < 1.29 is 20.1 Å². The maximum atomic E-state index is 12.5. The molecule has 0 spiro atoms. The quantitative estimate of drug-likeness (QED) is 0.370. The first-order valence-corrected chi connectivity index (χ1v) is 6.73. The number of nitrogens with two attached hydrogens (primary N) is 1. The molecule has 2 heterocycles. The summed E-state index contributed by atoms with van der Waals surface area (Å²) < 4.78 is 7.73. The van der Waals surface area contributed by atoms with E-state index in [1.807, 2.05) is 0 Å². The Morgan fingerprint density at radius 1 is 1.45 bits per heavy atom. The molecule has 0 radical (unpaired) electrons. The molecule has 0 aliphatic carbocycles. The molecular formula is C13H20N4O5. The molecule has 4 atom stereocenters.